The number of hydrogen-bond donors (Lipinski definition) is 0. The molecule has 0 aliphatic rings. The van der Waals surface area contributed by atoms with Gasteiger partial charge in [-0.3, -0.25) is 4.79 Å². The van der Waals surface area contributed by atoms with Gasteiger partial charge in [-0.25, -0.2) is 0 Å². The van der Waals surface area contributed by atoms with Crippen molar-refractivity contribution in [2.45, 2.75) is 58.4 Å². The van der Waals surface area contributed by atoms with Gasteiger partial charge in [-0.05, 0) is 19.8 Å². The maximum atomic E-state index is 10.9. The van der Waals surface area contributed by atoms with Gasteiger partial charge in [-0.1, -0.05) is 25.6 Å². The van der Waals surface area contributed by atoms with E-state index in [9.17, 15) is 4.79 Å². The molecular weight excluding hydrogens is 228 g/mol. The monoisotopic (exact) mass is 250 g/mol. The van der Waals surface area contributed by atoms with Gasteiger partial charge < -0.3 is 4.74 Å². The first kappa shape index (κ1) is 15.8. The summed E-state index contributed by atoms with van der Waals surface area (Å²) in [7, 11) is -1.27. The molecule has 3 heteroatoms. The lowest BCUT2D eigenvalue weighted by atomic mass is 10.00. The van der Waals surface area contributed by atoms with Crippen LogP contribution in [0.2, 0.25) is 19.6 Å². The summed E-state index contributed by atoms with van der Waals surface area (Å²) < 4.78 is 5.12. The van der Waals surface area contributed by atoms with Crippen LogP contribution in [0.4, 0.5) is 0 Å². The summed E-state index contributed by atoms with van der Waals surface area (Å²) >= 11 is 0. The fraction of sp³-hybridized carbons (Fsp3) is 0.643. The van der Waals surface area contributed by atoms with Crippen LogP contribution in [0.25, 0.3) is 0 Å². The van der Waals surface area contributed by atoms with Crippen molar-refractivity contribution in [1.29, 1.82) is 0 Å². The Hall–Kier alpha value is -1.19. The number of unbranched alkanes of at least 4 members (excludes halogenated alkanes) is 1. The summed E-state index contributed by atoms with van der Waals surface area (Å²) in [5.74, 6) is 5.38. The summed E-state index contributed by atoms with van der Waals surface area (Å²) in [5.41, 5.74) is 2.51. The molecule has 0 aromatic heterocycles. The second kappa shape index (κ2) is 6.52. The number of carbonyl (C=O) groups is 1. The predicted octanol–water partition coefficient (Wildman–Crippen LogP) is 2.99. The second-order valence-electron chi connectivity index (χ2n) is 5.37. The van der Waals surface area contributed by atoms with Gasteiger partial charge >= 0.3 is 5.97 Å². The molecule has 94 valence electrons. The minimum Gasteiger partial charge on any atom is -0.446 e. The SMILES string of the molecule is C#CC(C)(CCCC#C[Si](C)(C)C)OC(C)=O. The van der Waals surface area contributed by atoms with Crippen LogP contribution in [-0.2, 0) is 9.53 Å². The average molecular weight is 250 g/mol. The van der Waals surface area contributed by atoms with Gasteiger partial charge in [0.1, 0.15) is 8.07 Å². The minimum absolute atomic E-state index is 0.335. The minimum atomic E-state index is -1.27. The van der Waals surface area contributed by atoms with E-state index in [1.165, 1.54) is 6.92 Å². The van der Waals surface area contributed by atoms with E-state index in [0.29, 0.717) is 6.42 Å². The molecule has 0 radical (unpaired) electrons. The van der Waals surface area contributed by atoms with E-state index in [4.69, 9.17) is 11.2 Å². The van der Waals surface area contributed by atoms with Crippen LogP contribution in [-0.4, -0.2) is 19.6 Å². The van der Waals surface area contributed by atoms with E-state index in [-0.39, 0.29) is 5.97 Å². The van der Waals surface area contributed by atoms with Crippen molar-refractivity contribution in [1.82, 2.24) is 0 Å². The first-order valence-electron chi connectivity index (χ1n) is 5.86. The molecule has 0 heterocycles. The molecule has 0 saturated heterocycles. The first-order chi connectivity index (χ1) is 7.68. The highest BCUT2D eigenvalue weighted by Gasteiger charge is 2.23. The maximum Gasteiger partial charge on any atom is 0.304 e. The average Bonchev–Trinajstić information content (AvgIpc) is 2.14. The summed E-state index contributed by atoms with van der Waals surface area (Å²) in [5, 5.41) is 0. The van der Waals surface area contributed by atoms with Crippen LogP contribution < -0.4 is 0 Å². The number of ether oxygens (including phenoxy) is 1. The molecule has 2 nitrogen and oxygen atoms in total. The van der Waals surface area contributed by atoms with Crippen molar-refractivity contribution in [2.75, 3.05) is 0 Å². The van der Waals surface area contributed by atoms with Gasteiger partial charge in [-0.15, -0.1) is 17.9 Å². The molecule has 0 saturated carbocycles. The van der Waals surface area contributed by atoms with Crippen molar-refractivity contribution in [3.05, 3.63) is 0 Å². The Morgan fingerprint density at radius 3 is 2.41 bits per heavy atom. The van der Waals surface area contributed by atoms with Crippen molar-refractivity contribution in [3.63, 3.8) is 0 Å². The van der Waals surface area contributed by atoms with Gasteiger partial charge in [0, 0.05) is 13.3 Å². The molecule has 1 atom stereocenters. The highest BCUT2D eigenvalue weighted by Crippen LogP contribution is 2.17. The molecule has 0 amide bonds. The summed E-state index contributed by atoms with van der Waals surface area (Å²) in [6, 6.07) is 0. The fourth-order valence-corrected chi connectivity index (χ4v) is 1.97. The molecule has 0 aromatic carbocycles. The zero-order valence-corrected chi connectivity index (χ0v) is 12.5. The van der Waals surface area contributed by atoms with E-state index in [1.54, 1.807) is 6.92 Å². The van der Waals surface area contributed by atoms with Crippen molar-refractivity contribution in [2.24, 2.45) is 0 Å². The lowest BCUT2D eigenvalue weighted by Gasteiger charge is -2.22. The molecule has 0 N–H and O–H groups in total. The standard InChI is InChI=1S/C14H22O2Si/c1-7-14(3,16-13(2)15)11-9-8-10-12-17(4,5)6/h1H,8-9,11H2,2-6H3. The largest absolute Gasteiger partial charge is 0.446 e. The number of terminal acetylenes is 1. The lowest BCUT2D eigenvalue weighted by molar-refractivity contribution is -0.150. The molecule has 0 fully saturated rings. The number of hydrogen-bond acceptors (Lipinski definition) is 2. The Kier molecular flexibility index (Phi) is 6.06. The van der Waals surface area contributed by atoms with Crippen LogP contribution in [0.15, 0.2) is 0 Å². The fourth-order valence-electron chi connectivity index (χ4n) is 1.31. The zero-order valence-electron chi connectivity index (χ0n) is 11.5. The van der Waals surface area contributed by atoms with Crippen LogP contribution in [0, 0.1) is 23.8 Å². The molecule has 0 rings (SSSR count). The summed E-state index contributed by atoms with van der Waals surface area (Å²) in [6.45, 7) is 9.78. The molecule has 0 bridgehead atoms. The van der Waals surface area contributed by atoms with Crippen LogP contribution in [0.5, 0.6) is 0 Å². The van der Waals surface area contributed by atoms with E-state index >= 15 is 0 Å². The lowest BCUT2D eigenvalue weighted by Crippen LogP contribution is -2.28. The molecule has 0 aromatic rings. The van der Waals surface area contributed by atoms with Gasteiger partial charge in [0.15, 0.2) is 5.60 Å². The number of rotatable bonds is 4. The van der Waals surface area contributed by atoms with Crippen LogP contribution in [0.1, 0.15) is 33.1 Å². The van der Waals surface area contributed by atoms with Crippen LogP contribution in [0.3, 0.4) is 0 Å². The quantitative estimate of drug-likeness (QED) is 0.332. The Bertz CT molecular complexity index is 362. The van der Waals surface area contributed by atoms with Crippen molar-refractivity contribution in [3.8, 4) is 23.8 Å². The topological polar surface area (TPSA) is 26.3 Å². The molecule has 0 aliphatic heterocycles. The highest BCUT2D eigenvalue weighted by molar-refractivity contribution is 6.83. The molecule has 17 heavy (non-hydrogen) atoms. The van der Waals surface area contributed by atoms with Gasteiger partial charge in [0.2, 0.25) is 0 Å². The second-order valence-corrected chi connectivity index (χ2v) is 10.1. The van der Waals surface area contributed by atoms with Crippen LogP contribution >= 0.6 is 0 Å². The van der Waals surface area contributed by atoms with E-state index in [1.807, 2.05) is 0 Å². The van der Waals surface area contributed by atoms with Gasteiger partial charge in [0.25, 0.3) is 0 Å². The molecular formula is C14H22O2Si. The Labute approximate surface area is 106 Å². The third-order valence-electron chi connectivity index (χ3n) is 2.09. The maximum absolute atomic E-state index is 10.9. The molecule has 0 aliphatic carbocycles. The highest BCUT2D eigenvalue weighted by atomic mass is 28.3. The molecule has 1 unspecified atom stereocenters. The summed E-state index contributed by atoms with van der Waals surface area (Å²) in [4.78, 5) is 10.9. The third kappa shape index (κ3) is 8.60. The third-order valence-corrected chi connectivity index (χ3v) is 3.02. The Morgan fingerprint density at radius 1 is 1.41 bits per heavy atom. The Morgan fingerprint density at radius 2 is 2.00 bits per heavy atom. The zero-order chi connectivity index (χ0) is 13.5. The first-order valence-corrected chi connectivity index (χ1v) is 9.36. The summed E-state index contributed by atoms with van der Waals surface area (Å²) in [6.07, 6.45) is 7.70. The van der Waals surface area contributed by atoms with E-state index in [0.717, 1.165) is 12.8 Å². The normalized spacial score (nSPS) is 13.9. The molecule has 0 spiro atoms. The van der Waals surface area contributed by atoms with Crippen molar-refractivity contribution >= 4 is 14.0 Å². The van der Waals surface area contributed by atoms with Gasteiger partial charge in [-0.2, -0.15) is 0 Å². The smallest absolute Gasteiger partial charge is 0.304 e. The predicted molar refractivity (Wildman–Crippen MR) is 74.0 cm³/mol. The van der Waals surface area contributed by atoms with E-state index < -0.39 is 13.7 Å². The number of carbonyl (C=O) groups excluding carboxylic acids is 1. The van der Waals surface area contributed by atoms with Gasteiger partial charge in [0.05, 0.1) is 0 Å². The number of esters is 1. The van der Waals surface area contributed by atoms with E-state index in [2.05, 4.69) is 37.0 Å². The Balaban J connectivity index is 4.14. The van der Waals surface area contributed by atoms with Crippen molar-refractivity contribution < 1.29 is 9.53 Å².